The molecule has 4 aromatic rings. The van der Waals surface area contributed by atoms with E-state index in [0.29, 0.717) is 28.8 Å². The summed E-state index contributed by atoms with van der Waals surface area (Å²) in [7, 11) is 0. The van der Waals surface area contributed by atoms with Crippen molar-refractivity contribution in [3.05, 3.63) is 65.5 Å². The molecular formula is C19H15N5O2. The van der Waals surface area contributed by atoms with Crippen LogP contribution in [0.5, 0.6) is 0 Å². The van der Waals surface area contributed by atoms with Crippen LogP contribution in [0.25, 0.3) is 16.6 Å². The van der Waals surface area contributed by atoms with E-state index in [-0.39, 0.29) is 6.61 Å². The zero-order chi connectivity index (χ0) is 18.1. The predicted octanol–water partition coefficient (Wildman–Crippen LogP) is 2.93. The highest BCUT2D eigenvalue weighted by Gasteiger charge is 2.14. The SMILES string of the molecule is CCn1nnc2cc(C(=O)OCc3cn4ccccc4c3C#N)ccc21. The smallest absolute Gasteiger partial charge is 0.338 e. The van der Waals surface area contributed by atoms with E-state index < -0.39 is 5.97 Å². The molecule has 7 heteroatoms. The highest BCUT2D eigenvalue weighted by atomic mass is 16.5. The number of esters is 1. The molecule has 0 atom stereocenters. The maximum Gasteiger partial charge on any atom is 0.338 e. The summed E-state index contributed by atoms with van der Waals surface area (Å²) >= 11 is 0. The molecule has 7 nitrogen and oxygen atoms in total. The number of benzene rings is 1. The van der Waals surface area contributed by atoms with Gasteiger partial charge in [-0.25, -0.2) is 9.48 Å². The number of rotatable bonds is 4. The molecule has 0 N–H and O–H groups in total. The highest BCUT2D eigenvalue weighted by molar-refractivity contribution is 5.93. The number of aromatic nitrogens is 4. The fourth-order valence-corrected chi connectivity index (χ4v) is 2.98. The summed E-state index contributed by atoms with van der Waals surface area (Å²) in [4.78, 5) is 12.4. The van der Waals surface area contributed by atoms with Gasteiger partial charge >= 0.3 is 5.97 Å². The molecule has 4 rings (SSSR count). The third-order valence-corrected chi connectivity index (χ3v) is 4.28. The molecule has 0 fully saturated rings. The third kappa shape index (κ3) is 2.58. The Morgan fingerprint density at radius 1 is 1.27 bits per heavy atom. The molecule has 0 spiro atoms. The fourth-order valence-electron chi connectivity index (χ4n) is 2.98. The first-order chi connectivity index (χ1) is 12.7. The molecule has 0 saturated carbocycles. The Hall–Kier alpha value is -3.66. The number of nitriles is 1. The molecular weight excluding hydrogens is 330 g/mol. The summed E-state index contributed by atoms with van der Waals surface area (Å²) in [5.41, 5.74) is 3.90. The van der Waals surface area contributed by atoms with Gasteiger partial charge in [-0.1, -0.05) is 11.3 Å². The van der Waals surface area contributed by atoms with Gasteiger partial charge in [0.15, 0.2) is 0 Å². The first-order valence-corrected chi connectivity index (χ1v) is 8.20. The van der Waals surface area contributed by atoms with E-state index in [0.717, 1.165) is 11.0 Å². The number of fused-ring (bicyclic) bond motifs is 2. The molecule has 0 unspecified atom stereocenters. The maximum absolute atomic E-state index is 12.4. The number of carbonyl (C=O) groups is 1. The van der Waals surface area contributed by atoms with E-state index in [1.54, 1.807) is 23.0 Å². The molecule has 0 radical (unpaired) electrons. The van der Waals surface area contributed by atoms with Crippen molar-refractivity contribution < 1.29 is 9.53 Å². The molecule has 0 amide bonds. The number of nitrogens with zero attached hydrogens (tertiary/aromatic N) is 5. The Bertz CT molecular complexity index is 1170. The topological polar surface area (TPSA) is 85.2 Å². The standard InChI is InChI=1S/C19H15N5O2/c1-2-24-18-7-6-13(9-16(18)21-22-24)19(25)26-12-14-11-23-8-4-3-5-17(23)15(14)10-20/h3-9,11H,2,12H2,1H3. The van der Waals surface area contributed by atoms with E-state index in [2.05, 4.69) is 16.4 Å². The second-order valence-electron chi connectivity index (χ2n) is 5.82. The van der Waals surface area contributed by atoms with Crippen LogP contribution in [-0.4, -0.2) is 25.4 Å². The number of pyridine rings is 1. The molecule has 0 aliphatic carbocycles. The van der Waals surface area contributed by atoms with Crippen LogP contribution in [0.3, 0.4) is 0 Å². The largest absolute Gasteiger partial charge is 0.457 e. The summed E-state index contributed by atoms with van der Waals surface area (Å²) in [5.74, 6) is -0.461. The van der Waals surface area contributed by atoms with Gasteiger partial charge in [0.25, 0.3) is 0 Å². The average molecular weight is 345 g/mol. The van der Waals surface area contributed by atoms with Crippen LogP contribution >= 0.6 is 0 Å². The minimum atomic E-state index is -0.461. The van der Waals surface area contributed by atoms with E-state index in [1.165, 1.54) is 0 Å². The lowest BCUT2D eigenvalue weighted by Crippen LogP contribution is -2.05. The van der Waals surface area contributed by atoms with E-state index in [4.69, 9.17) is 4.74 Å². The Balaban J connectivity index is 1.57. The lowest BCUT2D eigenvalue weighted by atomic mass is 10.2. The number of ether oxygens (including phenoxy) is 1. The Morgan fingerprint density at radius 2 is 2.15 bits per heavy atom. The van der Waals surface area contributed by atoms with Crippen LogP contribution in [-0.2, 0) is 17.9 Å². The van der Waals surface area contributed by atoms with Crippen LogP contribution in [0.2, 0.25) is 0 Å². The van der Waals surface area contributed by atoms with Gasteiger partial charge < -0.3 is 9.14 Å². The monoisotopic (exact) mass is 345 g/mol. The van der Waals surface area contributed by atoms with Gasteiger partial charge in [0, 0.05) is 24.5 Å². The number of hydrogen-bond acceptors (Lipinski definition) is 5. The van der Waals surface area contributed by atoms with Crippen molar-refractivity contribution >= 4 is 22.5 Å². The summed E-state index contributed by atoms with van der Waals surface area (Å²) in [6.45, 7) is 2.72. The van der Waals surface area contributed by atoms with Crippen LogP contribution in [0.4, 0.5) is 0 Å². The van der Waals surface area contributed by atoms with Crippen LogP contribution in [0.15, 0.2) is 48.8 Å². The quantitative estimate of drug-likeness (QED) is 0.531. The van der Waals surface area contributed by atoms with E-state index in [1.807, 2.05) is 41.8 Å². The number of hydrogen-bond donors (Lipinski definition) is 0. The predicted molar refractivity (Wildman–Crippen MR) is 94.4 cm³/mol. The van der Waals surface area contributed by atoms with Gasteiger partial charge in [0.05, 0.1) is 22.2 Å². The first-order valence-electron chi connectivity index (χ1n) is 8.20. The van der Waals surface area contributed by atoms with Gasteiger partial charge in [0.1, 0.15) is 18.2 Å². The Labute approximate surface area is 149 Å². The second kappa shape index (κ2) is 6.33. The molecule has 3 aromatic heterocycles. The van der Waals surface area contributed by atoms with Crippen molar-refractivity contribution in [1.29, 1.82) is 5.26 Å². The first kappa shape index (κ1) is 15.8. The zero-order valence-electron chi connectivity index (χ0n) is 14.1. The van der Waals surface area contributed by atoms with Crippen molar-refractivity contribution in [2.45, 2.75) is 20.1 Å². The lowest BCUT2D eigenvalue weighted by molar-refractivity contribution is 0.0473. The van der Waals surface area contributed by atoms with Gasteiger partial charge in [-0.15, -0.1) is 5.10 Å². The molecule has 0 bridgehead atoms. The summed E-state index contributed by atoms with van der Waals surface area (Å²) in [6.07, 6.45) is 3.66. The fraction of sp³-hybridized carbons (Fsp3) is 0.158. The van der Waals surface area contributed by atoms with Gasteiger partial charge in [-0.2, -0.15) is 5.26 Å². The van der Waals surface area contributed by atoms with Gasteiger partial charge in [-0.3, -0.25) is 0 Å². The van der Waals surface area contributed by atoms with Crippen molar-refractivity contribution in [3.63, 3.8) is 0 Å². The molecule has 3 heterocycles. The van der Waals surface area contributed by atoms with E-state index in [9.17, 15) is 10.1 Å². The van der Waals surface area contributed by atoms with Gasteiger partial charge in [-0.05, 0) is 37.3 Å². The number of carbonyl (C=O) groups excluding carboxylic acids is 1. The van der Waals surface area contributed by atoms with Crippen molar-refractivity contribution in [2.75, 3.05) is 0 Å². The lowest BCUT2D eigenvalue weighted by Gasteiger charge is -2.04. The van der Waals surface area contributed by atoms with E-state index >= 15 is 0 Å². The van der Waals surface area contributed by atoms with Crippen molar-refractivity contribution in [3.8, 4) is 6.07 Å². The molecule has 1 aromatic carbocycles. The summed E-state index contributed by atoms with van der Waals surface area (Å²) in [5, 5.41) is 17.5. The van der Waals surface area contributed by atoms with Crippen LogP contribution in [0, 0.1) is 11.3 Å². The summed E-state index contributed by atoms with van der Waals surface area (Å²) < 4.78 is 9.01. The minimum Gasteiger partial charge on any atom is -0.457 e. The molecule has 0 aliphatic rings. The number of aryl methyl sites for hydroxylation is 1. The molecule has 0 saturated heterocycles. The van der Waals surface area contributed by atoms with Crippen LogP contribution < -0.4 is 0 Å². The normalized spacial score (nSPS) is 10.9. The maximum atomic E-state index is 12.4. The second-order valence-corrected chi connectivity index (χ2v) is 5.82. The average Bonchev–Trinajstić information content (AvgIpc) is 3.25. The molecule has 128 valence electrons. The molecule has 26 heavy (non-hydrogen) atoms. The molecule has 0 aliphatic heterocycles. The third-order valence-electron chi connectivity index (χ3n) is 4.28. The highest BCUT2D eigenvalue weighted by Crippen LogP contribution is 2.20. The van der Waals surface area contributed by atoms with Crippen LogP contribution in [0.1, 0.15) is 28.4 Å². The van der Waals surface area contributed by atoms with Gasteiger partial charge in [0.2, 0.25) is 0 Å². The van der Waals surface area contributed by atoms with Crippen molar-refractivity contribution in [2.24, 2.45) is 0 Å². The Morgan fingerprint density at radius 3 is 2.96 bits per heavy atom. The van der Waals surface area contributed by atoms with Crippen molar-refractivity contribution in [1.82, 2.24) is 19.4 Å². The summed E-state index contributed by atoms with van der Waals surface area (Å²) in [6, 6.07) is 13.0. The minimum absolute atomic E-state index is 0.0308. The zero-order valence-corrected chi connectivity index (χ0v) is 14.1. The Kier molecular flexibility index (Phi) is 3.86.